The molecule has 0 aromatic heterocycles. The smallest absolute Gasteiger partial charge is 0.245 e. The van der Waals surface area contributed by atoms with E-state index in [4.69, 9.17) is 10.5 Å². The number of benzene rings is 1. The first kappa shape index (κ1) is 13.7. The average Bonchev–Trinajstić information content (AvgIpc) is 2.94. The van der Waals surface area contributed by atoms with E-state index in [0.717, 1.165) is 12.8 Å². The largest absolute Gasteiger partial charge is 0.492 e. The highest BCUT2D eigenvalue weighted by atomic mass is 16.5. The molecule has 2 amide bonds. The summed E-state index contributed by atoms with van der Waals surface area (Å²) in [5.41, 5.74) is 6.31. The molecule has 2 heterocycles. The molecule has 1 aromatic rings. The third kappa shape index (κ3) is 2.79. The van der Waals surface area contributed by atoms with Gasteiger partial charge in [-0.25, -0.2) is 0 Å². The molecule has 0 radical (unpaired) electrons. The normalized spacial score (nSPS) is 21.6. The van der Waals surface area contributed by atoms with Crippen LogP contribution in [-0.2, 0) is 9.59 Å². The standard InChI is InChI=1S/C15H19N3O3/c16-11-3-1-4-12(9-11)21-8-7-17-10-14(19)18-6-2-5-13(18)15(17)20/h1,3-4,9,13H,2,5-8,10,16H2. The van der Waals surface area contributed by atoms with Crippen LogP contribution in [-0.4, -0.2) is 53.9 Å². The van der Waals surface area contributed by atoms with Crippen LogP contribution in [0.1, 0.15) is 12.8 Å². The van der Waals surface area contributed by atoms with Crippen molar-refractivity contribution in [2.45, 2.75) is 18.9 Å². The van der Waals surface area contributed by atoms with E-state index in [1.54, 1.807) is 21.9 Å². The van der Waals surface area contributed by atoms with Crippen molar-refractivity contribution in [1.82, 2.24) is 9.80 Å². The Balaban J connectivity index is 1.55. The van der Waals surface area contributed by atoms with Crippen molar-refractivity contribution in [3.05, 3.63) is 24.3 Å². The van der Waals surface area contributed by atoms with Gasteiger partial charge in [-0.1, -0.05) is 6.07 Å². The van der Waals surface area contributed by atoms with Crippen molar-refractivity contribution < 1.29 is 14.3 Å². The molecule has 1 unspecified atom stereocenters. The Morgan fingerprint density at radius 1 is 1.33 bits per heavy atom. The molecule has 2 N–H and O–H groups in total. The number of carbonyl (C=O) groups is 2. The first-order chi connectivity index (χ1) is 10.1. The lowest BCUT2D eigenvalue weighted by molar-refractivity contribution is -0.153. The summed E-state index contributed by atoms with van der Waals surface area (Å²) in [4.78, 5) is 27.6. The van der Waals surface area contributed by atoms with E-state index in [1.165, 1.54) is 0 Å². The molecule has 1 aromatic carbocycles. The SMILES string of the molecule is Nc1cccc(OCCN2CC(=O)N3CCCC3C2=O)c1. The minimum Gasteiger partial charge on any atom is -0.492 e. The second-order valence-corrected chi connectivity index (χ2v) is 5.43. The molecule has 0 aliphatic carbocycles. The number of hydrogen-bond donors (Lipinski definition) is 1. The lowest BCUT2D eigenvalue weighted by atomic mass is 10.1. The molecule has 2 fully saturated rings. The molecule has 21 heavy (non-hydrogen) atoms. The second-order valence-electron chi connectivity index (χ2n) is 5.43. The van der Waals surface area contributed by atoms with Crippen molar-refractivity contribution >= 4 is 17.5 Å². The molecule has 2 aliphatic rings. The molecule has 0 bridgehead atoms. The van der Waals surface area contributed by atoms with Crippen LogP contribution in [0.4, 0.5) is 5.69 Å². The Morgan fingerprint density at radius 2 is 2.19 bits per heavy atom. The highest BCUT2D eigenvalue weighted by Crippen LogP contribution is 2.23. The Morgan fingerprint density at radius 3 is 3.00 bits per heavy atom. The number of nitrogen functional groups attached to an aromatic ring is 1. The van der Waals surface area contributed by atoms with E-state index in [2.05, 4.69) is 0 Å². The van der Waals surface area contributed by atoms with Gasteiger partial charge in [0.25, 0.3) is 0 Å². The van der Waals surface area contributed by atoms with Crippen molar-refractivity contribution in [2.24, 2.45) is 0 Å². The summed E-state index contributed by atoms with van der Waals surface area (Å²) in [5.74, 6) is 0.762. The number of ether oxygens (including phenoxy) is 1. The number of nitrogens with zero attached hydrogens (tertiary/aromatic N) is 2. The minimum atomic E-state index is -0.251. The van der Waals surface area contributed by atoms with Crippen LogP contribution in [0.15, 0.2) is 24.3 Å². The average molecular weight is 289 g/mol. The van der Waals surface area contributed by atoms with Gasteiger partial charge in [0.2, 0.25) is 11.8 Å². The number of amides is 2. The highest BCUT2D eigenvalue weighted by Gasteiger charge is 2.41. The van der Waals surface area contributed by atoms with E-state index in [0.29, 0.717) is 31.1 Å². The van der Waals surface area contributed by atoms with Gasteiger partial charge in [0.15, 0.2) is 0 Å². The van der Waals surface area contributed by atoms with Crippen LogP contribution in [0.2, 0.25) is 0 Å². The molecule has 6 heteroatoms. The minimum absolute atomic E-state index is 0.0426. The molecule has 112 valence electrons. The van der Waals surface area contributed by atoms with E-state index in [9.17, 15) is 9.59 Å². The van der Waals surface area contributed by atoms with Crippen molar-refractivity contribution in [2.75, 3.05) is 32.0 Å². The van der Waals surface area contributed by atoms with Gasteiger partial charge in [0, 0.05) is 18.3 Å². The summed E-state index contributed by atoms with van der Waals surface area (Å²) >= 11 is 0. The maximum absolute atomic E-state index is 12.3. The fourth-order valence-electron chi connectivity index (χ4n) is 2.93. The topological polar surface area (TPSA) is 75.9 Å². The number of rotatable bonds is 4. The van der Waals surface area contributed by atoms with Gasteiger partial charge < -0.3 is 20.3 Å². The lowest BCUT2D eigenvalue weighted by Gasteiger charge is -2.36. The zero-order chi connectivity index (χ0) is 14.8. The van der Waals surface area contributed by atoms with Crippen LogP contribution in [0.25, 0.3) is 0 Å². The summed E-state index contributed by atoms with van der Waals surface area (Å²) in [6.45, 7) is 1.65. The molecule has 0 saturated carbocycles. The second kappa shape index (κ2) is 5.63. The van der Waals surface area contributed by atoms with Crippen molar-refractivity contribution in [1.29, 1.82) is 0 Å². The summed E-state index contributed by atoms with van der Waals surface area (Å²) < 4.78 is 5.59. The fourth-order valence-corrected chi connectivity index (χ4v) is 2.93. The van der Waals surface area contributed by atoms with E-state index in [-0.39, 0.29) is 24.4 Å². The predicted octanol–water partition coefficient (Wildman–Crippen LogP) is 0.481. The highest BCUT2D eigenvalue weighted by molar-refractivity contribution is 5.95. The zero-order valence-electron chi connectivity index (χ0n) is 11.8. The predicted molar refractivity (Wildman–Crippen MR) is 77.7 cm³/mol. The first-order valence-corrected chi connectivity index (χ1v) is 7.22. The summed E-state index contributed by atoms with van der Waals surface area (Å²) in [7, 11) is 0. The van der Waals surface area contributed by atoms with Gasteiger partial charge in [-0.05, 0) is 25.0 Å². The van der Waals surface area contributed by atoms with Gasteiger partial charge >= 0.3 is 0 Å². The summed E-state index contributed by atoms with van der Waals surface area (Å²) in [5, 5.41) is 0. The molecule has 6 nitrogen and oxygen atoms in total. The number of fused-ring (bicyclic) bond motifs is 1. The van der Waals surface area contributed by atoms with Crippen molar-refractivity contribution in [3.8, 4) is 5.75 Å². The van der Waals surface area contributed by atoms with Gasteiger partial charge in [0.1, 0.15) is 18.4 Å². The van der Waals surface area contributed by atoms with Crippen molar-refractivity contribution in [3.63, 3.8) is 0 Å². The zero-order valence-corrected chi connectivity index (χ0v) is 11.8. The van der Waals surface area contributed by atoms with Gasteiger partial charge in [-0.15, -0.1) is 0 Å². The molecule has 3 rings (SSSR count). The number of piperazine rings is 1. The first-order valence-electron chi connectivity index (χ1n) is 7.22. The maximum atomic E-state index is 12.3. The third-order valence-corrected chi connectivity index (χ3v) is 3.98. The van der Waals surface area contributed by atoms with Gasteiger partial charge in [0.05, 0.1) is 13.1 Å². The maximum Gasteiger partial charge on any atom is 0.245 e. The lowest BCUT2D eigenvalue weighted by Crippen LogP contribution is -2.57. The van der Waals surface area contributed by atoms with Crippen LogP contribution in [0.3, 0.4) is 0 Å². The van der Waals surface area contributed by atoms with Gasteiger partial charge in [-0.2, -0.15) is 0 Å². The van der Waals surface area contributed by atoms with Crippen LogP contribution in [0.5, 0.6) is 5.75 Å². The van der Waals surface area contributed by atoms with E-state index in [1.807, 2.05) is 12.1 Å². The van der Waals surface area contributed by atoms with Gasteiger partial charge in [-0.3, -0.25) is 9.59 Å². The molecule has 2 aliphatic heterocycles. The Hall–Kier alpha value is -2.24. The Labute approximate surface area is 123 Å². The fraction of sp³-hybridized carbons (Fsp3) is 0.467. The molecule has 1 atom stereocenters. The molecular formula is C15H19N3O3. The number of nitrogens with two attached hydrogens (primary N) is 1. The quantitative estimate of drug-likeness (QED) is 0.818. The molecule has 0 spiro atoms. The summed E-state index contributed by atoms with van der Waals surface area (Å²) in [6, 6.07) is 6.91. The van der Waals surface area contributed by atoms with Crippen LogP contribution < -0.4 is 10.5 Å². The van der Waals surface area contributed by atoms with E-state index < -0.39 is 0 Å². The Kier molecular flexibility index (Phi) is 3.68. The van der Waals surface area contributed by atoms with E-state index >= 15 is 0 Å². The Bertz CT molecular complexity index is 561. The molecular weight excluding hydrogens is 270 g/mol. The summed E-state index contributed by atoms with van der Waals surface area (Å²) in [6.07, 6.45) is 1.69. The monoisotopic (exact) mass is 289 g/mol. The molecule has 2 saturated heterocycles. The number of hydrogen-bond acceptors (Lipinski definition) is 4. The number of anilines is 1. The third-order valence-electron chi connectivity index (χ3n) is 3.98. The van der Waals surface area contributed by atoms with Crippen LogP contribution in [0, 0.1) is 0 Å². The van der Waals surface area contributed by atoms with Crippen LogP contribution >= 0.6 is 0 Å². The number of carbonyl (C=O) groups excluding carboxylic acids is 2.